The first-order valence-corrected chi connectivity index (χ1v) is 4.99. The second-order valence-electron chi connectivity index (χ2n) is 3.89. The molecule has 0 aliphatic carbocycles. The van der Waals surface area contributed by atoms with Gasteiger partial charge in [-0.1, -0.05) is 0 Å². The van der Waals surface area contributed by atoms with E-state index < -0.39 is 5.97 Å². The highest BCUT2D eigenvalue weighted by atomic mass is 16.4. The molecule has 0 amide bonds. The number of aryl methyl sites for hydroxylation is 1. The largest absolute Gasteiger partial charge is 0.508 e. The first-order valence-electron chi connectivity index (χ1n) is 4.99. The predicted molar refractivity (Wildman–Crippen MR) is 60.7 cm³/mol. The van der Waals surface area contributed by atoms with Gasteiger partial charge in [0.05, 0.1) is 6.42 Å². The van der Waals surface area contributed by atoms with Crippen LogP contribution in [0.4, 0.5) is 0 Å². The van der Waals surface area contributed by atoms with E-state index in [0.717, 1.165) is 22.2 Å². The fourth-order valence-corrected chi connectivity index (χ4v) is 2.01. The van der Waals surface area contributed by atoms with Gasteiger partial charge < -0.3 is 14.8 Å². The van der Waals surface area contributed by atoms with Gasteiger partial charge in [0, 0.05) is 23.6 Å². The third-order valence-electron chi connectivity index (χ3n) is 2.93. The summed E-state index contributed by atoms with van der Waals surface area (Å²) in [4.78, 5) is 10.8. The molecule has 1 heterocycles. The van der Waals surface area contributed by atoms with Crippen molar-refractivity contribution in [3.63, 3.8) is 0 Å². The molecule has 0 unspecified atom stereocenters. The number of aromatic nitrogens is 1. The fraction of sp³-hybridized carbons (Fsp3) is 0.250. The molecule has 1 aromatic carbocycles. The Morgan fingerprint density at radius 1 is 1.44 bits per heavy atom. The van der Waals surface area contributed by atoms with Gasteiger partial charge in [0.15, 0.2) is 0 Å². The number of fused-ring (bicyclic) bond motifs is 1. The monoisotopic (exact) mass is 219 g/mol. The smallest absolute Gasteiger partial charge is 0.307 e. The lowest BCUT2D eigenvalue weighted by Crippen LogP contribution is -2.01. The van der Waals surface area contributed by atoms with Gasteiger partial charge >= 0.3 is 5.97 Å². The third kappa shape index (κ3) is 1.52. The number of carboxylic acid groups (broad SMARTS) is 1. The third-order valence-corrected chi connectivity index (χ3v) is 2.93. The topological polar surface area (TPSA) is 62.5 Å². The maximum atomic E-state index is 10.8. The number of aliphatic carboxylic acids is 1. The second kappa shape index (κ2) is 3.56. The molecule has 0 radical (unpaired) electrons. The molecule has 2 aromatic rings. The molecule has 0 saturated carbocycles. The number of phenols is 1. The first kappa shape index (κ1) is 10.5. The number of hydrogen-bond acceptors (Lipinski definition) is 2. The molecule has 2 N–H and O–H groups in total. The number of carbonyl (C=O) groups is 1. The Morgan fingerprint density at radius 3 is 2.75 bits per heavy atom. The number of rotatable bonds is 2. The van der Waals surface area contributed by atoms with E-state index in [9.17, 15) is 9.90 Å². The van der Waals surface area contributed by atoms with E-state index in [4.69, 9.17) is 5.11 Å². The number of phenolic OH excluding ortho intramolecular Hbond substituents is 1. The highest BCUT2D eigenvalue weighted by Crippen LogP contribution is 2.28. The Balaban J connectivity index is 2.75. The van der Waals surface area contributed by atoms with Crippen molar-refractivity contribution < 1.29 is 15.0 Å². The minimum absolute atomic E-state index is 0.0212. The molecular weight excluding hydrogens is 206 g/mol. The minimum atomic E-state index is -0.862. The SMILES string of the molecule is Cc1c(CC(=O)O)c2cc(O)ccc2n1C. The zero-order valence-electron chi connectivity index (χ0n) is 9.19. The van der Waals surface area contributed by atoms with Gasteiger partial charge in [0.2, 0.25) is 0 Å². The number of benzene rings is 1. The Morgan fingerprint density at radius 2 is 2.12 bits per heavy atom. The van der Waals surface area contributed by atoms with Crippen molar-refractivity contribution in [3.05, 3.63) is 29.5 Å². The number of hydrogen-bond donors (Lipinski definition) is 2. The molecule has 0 atom stereocenters. The Bertz CT molecular complexity index is 569. The highest BCUT2D eigenvalue weighted by molar-refractivity contribution is 5.89. The molecule has 84 valence electrons. The summed E-state index contributed by atoms with van der Waals surface area (Å²) >= 11 is 0. The summed E-state index contributed by atoms with van der Waals surface area (Å²) in [5, 5.41) is 19.1. The van der Waals surface area contributed by atoms with Crippen LogP contribution in [0.25, 0.3) is 10.9 Å². The van der Waals surface area contributed by atoms with Gasteiger partial charge in [-0.3, -0.25) is 4.79 Å². The van der Waals surface area contributed by atoms with Crippen LogP contribution in [-0.2, 0) is 18.3 Å². The molecule has 0 fully saturated rings. The van der Waals surface area contributed by atoms with Crippen molar-refractivity contribution in [3.8, 4) is 5.75 Å². The van der Waals surface area contributed by atoms with Crippen LogP contribution in [0.3, 0.4) is 0 Å². The van der Waals surface area contributed by atoms with Crippen LogP contribution in [0.5, 0.6) is 5.75 Å². The molecule has 0 bridgehead atoms. The van der Waals surface area contributed by atoms with Crippen LogP contribution in [0.2, 0.25) is 0 Å². The molecule has 0 aliphatic rings. The minimum Gasteiger partial charge on any atom is -0.508 e. The first-order chi connectivity index (χ1) is 7.50. The van der Waals surface area contributed by atoms with E-state index in [-0.39, 0.29) is 12.2 Å². The van der Waals surface area contributed by atoms with Gasteiger partial charge in [-0.25, -0.2) is 0 Å². The molecule has 0 aliphatic heterocycles. The zero-order valence-corrected chi connectivity index (χ0v) is 9.19. The van der Waals surface area contributed by atoms with E-state index in [2.05, 4.69) is 0 Å². The molecule has 0 spiro atoms. The van der Waals surface area contributed by atoms with Gasteiger partial charge in [0.25, 0.3) is 0 Å². The number of carboxylic acids is 1. The second-order valence-corrected chi connectivity index (χ2v) is 3.89. The van der Waals surface area contributed by atoms with Gasteiger partial charge in [-0.15, -0.1) is 0 Å². The Labute approximate surface area is 92.7 Å². The average Bonchev–Trinajstić information content (AvgIpc) is 2.43. The molecule has 0 saturated heterocycles. The lowest BCUT2D eigenvalue weighted by atomic mass is 10.1. The molecule has 1 aromatic heterocycles. The van der Waals surface area contributed by atoms with Crippen molar-refractivity contribution in [2.75, 3.05) is 0 Å². The van der Waals surface area contributed by atoms with Gasteiger partial charge in [-0.05, 0) is 30.7 Å². The van der Waals surface area contributed by atoms with Crippen molar-refractivity contribution in [1.29, 1.82) is 0 Å². The van der Waals surface area contributed by atoms with E-state index in [0.29, 0.717) is 0 Å². The van der Waals surface area contributed by atoms with Gasteiger partial charge in [0.1, 0.15) is 5.75 Å². The molecule has 4 nitrogen and oxygen atoms in total. The van der Waals surface area contributed by atoms with Crippen LogP contribution in [0.1, 0.15) is 11.3 Å². The lowest BCUT2D eigenvalue weighted by molar-refractivity contribution is -0.136. The van der Waals surface area contributed by atoms with Crippen molar-refractivity contribution >= 4 is 16.9 Å². The van der Waals surface area contributed by atoms with Crippen LogP contribution in [0.15, 0.2) is 18.2 Å². The summed E-state index contributed by atoms with van der Waals surface area (Å²) in [6.45, 7) is 1.88. The standard InChI is InChI=1S/C12H13NO3/c1-7-9(6-12(15)16)10-5-8(14)3-4-11(10)13(7)2/h3-5,14H,6H2,1-2H3,(H,15,16). The Hall–Kier alpha value is -1.97. The van der Waals surface area contributed by atoms with E-state index >= 15 is 0 Å². The van der Waals surface area contributed by atoms with E-state index in [1.807, 2.05) is 18.5 Å². The quantitative estimate of drug-likeness (QED) is 0.809. The van der Waals surface area contributed by atoms with Crippen LogP contribution >= 0.6 is 0 Å². The summed E-state index contributed by atoms with van der Waals surface area (Å²) in [6.07, 6.45) is -0.0212. The highest BCUT2D eigenvalue weighted by Gasteiger charge is 2.14. The summed E-state index contributed by atoms with van der Waals surface area (Å²) in [6, 6.07) is 5.01. The van der Waals surface area contributed by atoms with Crippen LogP contribution in [0, 0.1) is 6.92 Å². The van der Waals surface area contributed by atoms with Gasteiger partial charge in [-0.2, -0.15) is 0 Å². The molecule has 16 heavy (non-hydrogen) atoms. The normalized spacial score (nSPS) is 10.9. The lowest BCUT2D eigenvalue weighted by Gasteiger charge is -1.98. The average molecular weight is 219 g/mol. The maximum Gasteiger partial charge on any atom is 0.307 e. The molecule has 4 heteroatoms. The van der Waals surface area contributed by atoms with Crippen LogP contribution in [-0.4, -0.2) is 20.7 Å². The summed E-state index contributed by atoms with van der Waals surface area (Å²) in [5.74, 6) is -0.705. The van der Waals surface area contributed by atoms with Crippen molar-refractivity contribution in [1.82, 2.24) is 4.57 Å². The summed E-state index contributed by atoms with van der Waals surface area (Å²) < 4.78 is 1.94. The maximum absolute atomic E-state index is 10.8. The zero-order chi connectivity index (χ0) is 11.9. The van der Waals surface area contributed by atoms with Crippen LogP contribution < -0.4 is 0 Å². The van der Waals surface area contributed by atoms with E-state index in [1.54, 1.807) is 18.2 Å². The summed E-state index contributed by atoms with van der Waals surface area (Å²) in [5.41, 5.74) is 2.62. The number of aromatic hydroxyl groups is 1. The fourth-order valence-electron chi connectivity index (χ4n) is 2.01. The predicted octanol–water partition coefficient (Wildman–Crippen LogP) is 1.82. The summed E-state index contributed by atoms with van der Waals surface area (Å²) in [7, 11) is 1.89. The van der Waals surface area contributed by atoms with Crippen molar-refractivity contribution in [2.24, 2.45) is 7.05 Å². The van der Waals surface area contributed by atoms with E-state index in [1.165, 1.54) is 0 Å². The molecule has 2 rings (SSSR count). The Kier molecular flexibility index (Phi) is 2.34. The van der Waals surface area contributed by atoms with Crippen molar-refractivity contribution in [2.45, 2.75) is 13.3 Å². The molecular formula is C12H13NO3. The number of nitrogens with zero attached hydrogens (tertiary/aromatic N) is 1.